The molecule has 1 N–H and O–H groups in total. The molecule has 2 aromatic rings. The van der Waals surface area contributed by atoms with Gasteiger partial charge in [-0.1, -0.05) is 36.4 Å². The van der Waals surface area contributed by atoms with Gasteiger partial charge in [-0.2, -0.15) is 0 Å². The van der Waals surface area contributed by atoms with Crippen molar-refractivity contribution in [2.24, 2.45) is 0 Å². The van der Waals surface area contributed by atoms with Crippen LogP contribution in [-0.2, 0) is 17.8 Å². The number of likely N-dealkylation sites (tertiary alicyclic amines) is 1. The number of rotatable bonds is 7. The van der Waals surface area contributed by atoms with Crippen LogP contribution in [0.4, 0.5) is 4.79 Å². The molecule has 3 amide bonds. The van der Waals surface area contributed by atoms with Crippen LogP contribution in [0.15, 0.2) is 54.7 Å². The fraction of sp³-hybridized carbons (Fsp3) is 0.458. The Morgan fingerprint density at radius 1 is 1.06 bits per heavy atom. The van der Waals surface area contributed by atoms with Crippen LogP contribution >= 0.6 is 0 Å². The lowest BCUT2D eigenvalue weighted by Gasteiger charge is -2.43. The first-order valence-electron chi connectivity index (χ1n) is 11.0. The van der Waals surface area contributed by atoms with Crippen LogP contribution in [-0.4, -0.2) is 74.6 Å². The highest BCUT2D eigenvalue weighted by molar-refractivity contribution is 6.07. The molecule has 7 heteroatoms. The van der Waals surface area contributed by atoms with Gasteiger partial charge in [-0.05, 0) is 43.9 Å². The Hall–Kier alpha value is -2.77. The second-order valence-electron chi connectivity index (χ2n) is 8.48. The number of amides is 3. The molecule has 164 valence electrons. The fourth-order valence-corrected chi connectivity index (χ4v) is 4.70. The summed E-state index contributed by atoms with van der Waals surface area (Å²) in [4.78, 5) is 36.7. The Balaban J connectivity index is 1.57. The van der Waals surface area contributed by atoms with E-state index < -0.39 is 5.54 Å². The van der Waals surface area contributed by atoms with E-state index in [-0.39, 0.29) is 31.1 Å². The van der Waals surface area contributed by atoms with Crippen LogP contribution in [0.2, 0.25) is 0 Å². The monoisotopic (exact) mass is 422 g/mol. The van der Waals surface area contributed by atoms with Crippen molar-refractivity contribution < 1.29 is 14.7 Å². The molecule has 4 rings (SSSR count). The van der Waals surface area contributed by atoms with Crippen LogP contribution in [0.1, 0.15) is 31.0 Å². The molecule has 2 aliphatic rings. The summed E-state index contributed by atoms with van der Waals surface area (Å²) in [7, 11) is 0. The minimum absolute atomic E-state index is 0.0481. The van der Waals surface area contributed by atoms with Gasteiger partial charge < -0.3 is 10.0 Å². The fourth-order valence-electron chi connectivity index (χ4n) is 4.70. The minimum Gasteiger partial charge on any atom is -0.395 e. The second-order valence-corrected chi connectivity index (χ2v) is 8.48. The smallest absolute Gasteiger partial charge is 0.328 e. The minimum atomic E-state index is -0.813. The third kappa shape index (κ3) is 4.20. The van der Waals surface area contributed by atoms with Crippen LogP contribution in [0.5, 0.6) is 0 Å². The number of hydrogen-bond acceptors (Lipinski definition) is 5. The molecule has 1 aromatic heterocycles. The number of aromatic nitrogens is 1. The first-order valence-corrected chi connectivity index (χ1v) is 11.0. The van der Waals surface area contributed by atoms with Crippen molar-refractivity contribution in [2.75, 3.05) is 26.2 Å². The van der Waals surface area contributed by atoms with Crippen molar-refractivity contribution in [3.63, 3.8) is 0 Å². The zero-order valence-electron chi connectivity index (χ0n) is 18.0. The van der Waals surface area contributed by atoms with Crippen LogP contribution < -0.4 is 0 Å². The van der Waals surface area contributed by atoms with E-state index >= 15 is 0 Å². The predicted octanol–water partition coefficient (Wildman–Crippen LogP) is 2.30. The van der Waals surface area contributed by atoms with E-state index in [1.165, 1.54) is 4.90 Å². The molecular formula is C24H30N4O3. The van der Waals surface area contributed by atoms with Gasteiger partial charge in [0, 0.05) is 31.9 Å². The molecule has 2 saturated heterocycles. The Morgan fingerprint density at radius 3 is 2.42 bits per heavy atom. The van der Waals surface area contributed by atoms with E-state index in [0.717, 1.165) is 5.56 Å². The van der Waals surface area contributed by atoms with Crippen LogP contribution in [0.3, 0.4) is 0 Å². The number of benzene rings is 1. The molecule has 0 unspecified atom stereocenters. The van der Waals surface area contributed by atoms with Gasteiger partial charge in [-0.25, -0.2) is 4.79 Å². The number of imide groups is 1. The zero-order valence-corrected chi connectivity index (χ0v) is 18.0. The Morgan fingerprint density at radius 2 is 1.77 bits per heavy atom. The van der Waals surface area contributed by atoms with E-state index in [1.807, 2.05) is 55.5 Å². The predicted molar refractivity (Wildman–Crippen MR) is 117 cm³/mol. The molecule has 0 radical (unpaired) electrons. The Bertz CT molecular complexity index is 898. The maximum Gasteiger partial charge on any atom is 0.328 e. The molecular weight excluding hydrogens is 392 g/mol. The molecule has 3 heterocycles. The van der Waals surface area contributed by atoms with E-state index in [0.29, 0.717) is 44.6 Å². The maximum atomic E-state index is 13.6. The molecule has 31 heavy (non-hydrogen) atoms. The van der Waals surface area contributed by atoms with Crippen molar-refractivity contribution in [2.45, 2.75) is 44.3 Å². The topological polar surface area (TPSA) is 77.0 Å². The summed E-state index contributed by atoms with van der Waals surface area (Å²) >= 11 is 0. The normalized spacial score (nSPS) is 19.9. The highest BCUT2D eigenvalue weighted by Crippen LogP contribution is 2.38. The number of urea groups is 1. The number of piperidine rings is 1. The quantitative estimate of drug-likeness (QED) is 0.693. The SMILES string of the molecule is C[C@H](CO)N1CCC2(CC1)C(=O)N(Cc1ccccn1)C(=O)N2CCc1ccccc1. The highest BCUT2D eigenvalue weighted by Gasteiger charge is 2.57. The van der Waals surface area contributed by atoms with Gasteiger partial charge >= 0.3 is 6.03 Å². The molecule has 1 atom stereocenters. The lowest BCUT2D eigenvalue weighted by Crippen LogP contribution is -2.58. The van der Waals surface area contributed by atoms with Crippen molar-refractivity contribution in [3.8, 4) is 0 Å². The summed E-state index contributed by atoms with van der Waals surface area (Å²) in [6.07, 6.45) is 3.54. The Labute approximate surface area is 183 Å². The molecule has 2 fully saturated rings. The first kappa shape index (κ1) is 21.5. The van der Waals surface area contributed by atoms with Gasteiger partial charge in [0.2, 0.25) is 0 Å². The third-order valence-corrected chi connectivity index (χ3v) is 6.65. The van der Waals surface area contributed by atoms with E-state index in [2.05, 4.69) is 9.88 Å². The number of nitrogens with zero attached hydrogens (tertiary/aromatic N) is 4. The number of aliphatic hydroxyl groups is 1. The summed E-state index contributed by atoms with van der Waals surface area (Å²) in [5.41, 5.74) is 1.04. The molecule has 7 nitrogen and oxygen atoms in total. The average molecular weight is 423 g/mol. The maximum absolute atomic E-state index is 13.6. The van der Waals surface area contributed by atoms with Crippen molar-refractivity contribution in [1.82, 2.24) is 19.7 Å². The largest absolute Gasteiger partial charge is 0.395 e. The molecule has 1 aromatic carbocycles. The number of aliphatic hydroxyl groups excluding tert-OH is 1. The zero-order chi connectivity index (χ0) is 21.8. The lowest BCUT2D eigenvalue weighted by molar-refractivity contribution is -0.136. The summed E-state index contributed by atoms with van der Waals surface area (Å²) in [5, 5.41) is 9.52. The first-order chi connectivity index (χ1) is 15.0. The molecule has 2 aliphatic heterocycles. The molecule has 0 aliphatic carbocycles. The summed E-state index contributed by atoms with van der Waals surface area (Å²) in [5.74, 6) is -0.118. The molecule has 1 spiro atoms. The molecule has 0 bridgehead atoms. The van der Waals surface area contributed by atoms with Gasteiger partial charge in [-0.3, -0.25) is 19.6 Å². The van der Waals surface area contributed by atoms with Crippen LogP contribution in [0, 0.1) is 0 Å². The van der Waals surface area contributed by atoms with Crippen molar-refractivity contribution >= 4 is 11.9 Å². The average Bonchev–Trinajstić information content (AvgIpc) is 3.00. The Kier molecular flexibility index (Phi) is 6.34. The van der Waals surface area contributed by atoms with Crippen molar-refractivity contribution in [3.05, 3.63) is 66.0 Å². The highest BCUT2D eigenvalue weighted by atomic mass is 16.3. The van der Waals surface area contributed by atoms with E-state index in [4.69, 9.17) is 0 Å². The standard InChI is InChI=1S/C24H30N4O3/c1-19(18-29)26-15-11-24(12-16-26)22(30)27(17-21-9-5-6-13-25-21)23(31)28(24)14-10-20-7-3-2-4-8-20/h2-9,13,19,29H,10-12,14-18H2,1H3/t19-/m1/s1. The van der Waals surface area contributed by atoms with Gasteiger partial charge in [0.25, 0.3) is 5.91 Å². The van der Waals surface area contributed by atoms with Gasteiger partial charge in [-0.15, -0.1) is 0 Å². The van der Waals surface area contributed by atoms with Gasteiger partial charge in [0.1, 0.15) is 5.54 Å². The van der Waals surface area contributed by atoms with E-state index in [1.54, 1.807) is 11.1 Å². The number of pyridine rings is 1. The third-order valence-electron chi connectivity index (χ3n) is 6.65. The summed E-state index contributed by atoms with van der Waals surface area (Å²) < 4.78 is 0. The second kappa shape index (κ2) is 9.16. The number of carbonyl (C=O) groups is 2. The van der Waals surface area contributed by atoms with Crippen LogP contribution in [0.25, 0.3) is 0 Å². The van der Waals surface area contributed by atoms with Gasteiger partial charge in [0.05, 0.1) is 18.8 Å². The molecule has 0 saturated carbocycles. The summed E-state index contributed by atoms with van der Waals surface area (Å²) in [6, 6.07) is 15.4. The number of hydrogen-bond donors (Lipinski definition) is 1. The van der Waals surface area contributed by atoms with E-state index in [9.17, 15) is 14.7 Å². The lowest BCUT2D eigenvalue weighted by atomic mass is 9.85. The van der Waals surface area contributed by atoms with Crippen molar-refractivity contribution in [1.29, 1.82) is 0 Å². The number of carbonyl (C=O) groups excluding carboxylic acids is 2. The summed E-state index contributed by atoms with van der Waals surface area (Å²) in [6.45, 7) is 4.13. The van der Waals surface area contributed by atoms with Gasteiger partial charge in [0.15, 0.2) is 0 Å².